The monoisotopic (exact) mass is 259 g/mol. The lowest BCUT2D eigenvalue weighted by Gasteiger charge is -2.04. The summed E-state index contributed by atoms with van der Waals surface area (Å²) < 4.78 is 0. The van der Waals surface area contributed by atoms with Gasteiger partial charge in [0.2, 0.25) is 0 Å². The quantitative estimate of drug-likeness (QED) is 0.823. The van der Waals surface area contributed by atoms with Gasteiger partial charge in [0.15, 0.2) is 0 Å². The van der Waals surface area contributed by atoms with Crippen molar-refractivity contribution in [2.24, 2.45) is 0 Å². The number of benzene rings is 1. The van der Waals surface area contributed by atoms with Gasteiger partial charge in [0.25, 0.3) is 0 Å². The molecule has 1 aromatic heterocycles. The first-order valence-electron chi connectivity index (χ1n) is 6.13. The van der Waals surface area contributed by atoms with Crippen LogP contribution >= 0.6 is 11.8 Å². The Balaban J connectivity index is 2.05. The highest BCUT2D eigenvalue weighted by Crippen LogP contribution is 2.14. The smallest absolute Gasteiger partial charge is 0.148 e. The number of rotatable bonds is 5. The molecule has 0 N–H and O–H groups in total. The van der Waals surface area contributed by atoms with E-state index >= 15 is 0 Å². The first-order valence-corrected chi connectivity index (χ1v) is 7.18. The molecule has 2 nitrogen and oxygen atoms in total. The van der Waals surface area contributed by atoms with E-state index in [4.69, 9.17) is 0 Å². The molecular formula is C15H17NOS. The summed E-state index contributed by atoms with van der Waals surface area (Å²) in [5.41, 5.74) is 1.82. The van der Waals surface area contributed by atoms with Gasteiger partial charge in [0.05, 0.1) is 11.3 Å². The minimum Gasteiger partial charge on any atom is -0.298 e. The van der Waals surface area contributed by atoms with Crippen molar-refractivity contribution in [3.63, 3.8) is 0 Å². The molecule has 18 heavy (non-hydrogen) atoms. The molecule has 0 saturated carbocycles. The standard InChI is InChI=1S/C15H17NOS/c1-11(2)18-10-14(17)9-13-8-7-12-5-3-4-6-15(12)16-13/h3-8,11H,9-10H2,1-2H3. The second-order valence-electron chi connectivity index (χ2n) is 4.57. The highest BCUT2D eigenvalue weighted by Gasteiger charge is 2.07. The highest BCUT2D eigenvalue weighted by atomic mass is 32.2. The van der Waals surface area contributed by atoms with Crippen LogP contribution in [0.4, 0.5) is 0 Å². The summed E-state index contributed by atoms with van der Waals surface area (Å²) >= 11 is 1.68. The van der Waals surface area contributed by atoms with Crippen LogP contribution in [0.25, 0.3) is 10.9 Å². The third kappa shape index (κ3) is 3.57. The minimum absolute atomic E-state index is 0.247. The molecule has 0 bridgehead atoms. The molecule has 0 amide bonds. The number of pyridine rings is 1. The van der Waals surface area contributed by atoms with Gasteiger partial charge in [0, 0.05) is 17.5 Å². The summed E-state index contributed by atoms with van der Waals surface area (Å²) in [5, 5.41) is 1.61. The fourth-order valence-electron chi connectivity index (χ4n) is 1.72. The summed E-state index contributed by atoms with van der Waals surface area (Å²) in [6.45, 7) is 4.21. The fraction of sp³-hybridized carbons (Fsp3) is 0.333. The van der Waals surface area contributed by atoms with Crippen molar-refractivity contribution in [2.45, 2.75) is 25.5 Å². The lowest BCUT2D eigenvalue weighted by molar-refractivity contribution is -0.116. The van der Waals surface area contributed by atoms with Crippen LogP contribution in [0, 0.1) is 0 Å². The number of Topliss-reactive ketones (excluding diaryl/α,β-unsaturated/α-hetero) is 1. The van der Waals surface area contributed by atoms with Gasteiger partial charge < -0.3 is 0 Å². The van der Waals surface area contributed by atoms with Crippen molar-refractivity contribution in [3.05, 3.63) is 42.1 Å². The molecule has 0 radical (unpaired) electrons. The Kier molecular flexibility index (Phi) is 4.37. The maximum absolute atomic E-state index is 11.8. The van der Waals surface area contributed by atoms with Gasteiger partial charge in [-0.15, -0.1) is 0 Å². The molecule has 2 aromatic rings. The Hall–Kier alpha value is -1.35. The average Bonchev–Trinajstić information content (AvgIpc) is 2.36. The number of nitrogens with zero attached hydrogens (tertiary/aromatic N) is 1. The first kappa shape index (κ1) is 13.1. The number of fused-ring (bicyclic) bond motifs is 1. The van der Waals surface area contributed by atoms with E-state index in [-0.39, 0.29) is 5.78 Å². The highest BCUT2D eigenvalue weighted by molar-refractivity contribution is 8.00. The molecule has 0 spiro atoms. The third-order valence-electron chi connectivity index (χ3n) is 2.61. The molecule has 0 fully saturated rings. The number of ketones is 1. The van der Waals surface area contributed by atoms with Crippen LogP contribution in [0.2, 0.25) is 0 Å². The minimum atomic E-state index is 0.247. The number of thioether (sulfide) groups is 1. The summed E-state index contributed by atoms with van der Waals surface area (Å²) in [7, 11) is 0. The Bertz CT molecular complexity index is 551. The summed E-state index contributed by atoms with van der Waals surface area (Å²) in [4.78, 5) is 16.3. The van der Waals surface area contributed by atoms with Gasteiger partial charge in [-0.25, -0.2) is 0 Å². The topological polar surface area (TPSA) is 30.0 Å². The molecule has 0 unspecified atom stereocenters. The Morgan fingerprint density at radius 2 is 2.00 bits per heavy atom. The normalized spacial score (nSPS) is 11.1. The second-order valence-corrected chi connectivity index (χ2v) is 6.14. The SMILES string of the molecule is CC(C)SCC(=O)Cc1ccc2ccccc2n1. The number of hydrogen-bond acceptors (Lipinski definition) is 3. The van der Waals surface area contributed by atoms with Crippen molar-refractivity contribution < 1.29 is 4.79 Å². The lowest BCUT2D eigenvalue weighted by atomic mass is 10.1. The van der Waals surface area contributed by atoms with Crippen molar-refractivity contribution in [3.8, 4) is 0 Å². The van der Waals surface area contributed by atoms with E-state index in [2.05, 4.69) is 18.8 Å². The second kappa shape index (κ2) is 6.01. The predicted molar refractivity (Wildman–Crippen MR) is 78.0 cm³/mol. The lowest BCUT2D eigenvalue weighted by Crippen LogP contribution is -2.08. The number of hydrogen-bond donors (Lipinski definition) is 0. The summed E-state index contributed by atoms with van der Waals surface area (Å²) in [6, 6.07) is 11.9. The number of carbonyl (C=O) groups is 1. The molecule has 3 heteroatoms. The van der Waals surface area contributed by atoms with E-state index in [1.54, 1.807) is 11.8 Å². The molecule has 0 atom stereocenters. The molecule has 0 saturated heterocycles. The molecule has 0 aliphatic heterocycles. The van der Waals surface area contributed by atoms with E-state index < -0.39 is 0 Å². The first-order chi connectivity index (χ1) is 8.65. The van der Waals surface area contributed by atoms with E-state index in [1.807, 2.05) is 36.4 Å². The van der Waals surface area contributed by atoms with Crippen LogP contribution in [0.5, 0.6) is 0 Å². The number of carbonyl (C=O) groups excluding carboxylic acids is 1. The van der Waals surface area contributed by atoms with Crippen LogP contribution in [0.15, 0.2) is 36.4 Å². The zero-order valence-corrected chi connectivity index (χ0v) is 11.5. The van der Waals surface area contributed by atoms with Gasteiger partial charge in [-0.1, -0.05) is 38.1 Å². The van der Waals surface area contributed by atoms with Crippen molar-refractivity contribution in [1.29, 1.82) is 0 Å². The maximum atomic E-state index is 11.8. The number of aromatic nitrogens is 1. The van der Waals surface area contributed by atoms with Crippen LogP contribution in [0.3, 0.4) is 0 Å². The van der Waals surface area contributed by atoms with Crippen molar-refractivity contribution in [1.82, 2.24) is 4.98 Å². The Labute approximate surface area is 112 Å². The summed E-state index contributed by atoms with van der Waals surface area (Å²) in [6.07, 6.45) is 0.435. The van der Waals surface area contributed by atoms with Gasteiger partial charge in [-0.2, -0.15) is 11.8 Å². The molecule has 1 aromatic carbocycles. The van der Waals surface area contributed by atoms with Gasteiger partial charge in [-0.3, -0.25) is 9.78 Å². The largest absolute Gasteiger partial charge is 0.298 e. The fourth-order valence-corrected chi connectivity index (χ4v) is 2.34. The van der Waals surface area contributed by atoms with Crippen LogP contribution in [-0.2, 0) is 11.2 Å². The predicted octanol–water partition coefficient (Wildman–Crippen LogP) is 3.49. The van der Waals surface area contributed by atoms with Crippen LogP contribution in [0.1, 0.15) is 19.5 Å². The van der Waals surface area contributed by atoms with E-state index in [0.717, 1.165) is 16.6 Å². The Morgan fingerprint density at radius 1 is 1.22 bits per heavy atom. The van der Waals surface area contributed by atoms with E-state index in [1.165, 1.54) is 0 Å². The summed E-state index contributed by atoms with van der Waals surface area (Å²) in [5.74, 6) is 0.822. The van der Waals surface area contributed by atoms with E-state index in [9.17, 15) is 4.79 Å². The number of para-hydroxylation sites is 1. The molecule has 1 heterocycles. The molecule has 0 aliphatic rings. The van der Waals surface area contributed by atoms with Gasteiger partial charge in [0.1, 0.15) is 5.78 Å². The molecule has 0 aliphatic carbocycles. The molecule has 2 rings (SSSR count). The maximum Gasteiger partial charge on any atom is 0.148 e. The zero-order valence-electron chi connectivity index (χ0n) is 10.7. The third-order valence-corrected chi connectivity index (χ3v) is 3.77. The molecular weight excluding hydrogens is 242 g/mol. The van der Waals surface area contributed by atoms with Crippen molar-refractivity contribution in [2.75, 3.05) is 5.75 Å². The average molecular weight is 259 g/mol. The van der Waals surface area contributed by atoms with Crippen molar-refractivity contribution >= 4 is 28.4 Å². The van der Waals surface area contributed by atoms with Crippen LogP contribution in [-0.4, -0.2) is 21.8 Å². The van der Waals surface area contributed by atoms with E-state index in [0.29, 0.717) is 17.4 Å². The molecule has 94 valence electrons. The Morgan fingerprint density at radius 3 is 2.78 bits per heavy atom. The van der Waals surface area contributed by atoms with Crippen LogP contribution < -0.4 is 0 Å². The van der Waals surface area contributed by atoms with Gasteiger partial charge in [-0.05, 0) is 17.4 Å². The van der Waals surface area contributed by atoms with Gasteiger partial charge >= 0.3 is 0 Å². The zero-order chi connectivity index (χ0) is 13.0.